The molecule has 0 aromatic carbocycles. The minimum Gasteiger partial charge on any atom is -0.481 e. The van der Waals surface area contributed by atoms with E-state index in [-0.39, 0.29) is 45.8 Å². The zero-order valence-corrected chi connectivity index (χ0v) is 28.2. The second kappa shape index (κ2) is 11.2. The highest BCUT2D eigenvalue weighted by atomic mass is 16.7. The number of carboxylic acid groups (broad SMARTS) is 1. The Morgan fingerprint density at radius 2 is 1.52 bits per heavy atom. The molecular weight excluding hydrogens is 592 g/mol. The Bertz CT molecular complexity index is 1250. The Hall–Kier alpha value is -1.56. The fourth-order valence-corrected chi connectivity index (χ4v) is 12.9. The third-order valence-corrected chi connectivity index (χ3v) is 15.6. The first-order chi connectivity index (χ1) is 21.4. The standard InChI is InChI=1S/C36H56O10/c1-18(2)19-9-14-36(30(42)43)16-15-33(4)20(25(19)36)7-8-22-32(3)12-11-24(38)35(6,23(32)10-13-34(22,33)5)31(44)46-29-28(41)27(40)26(39)21(17-37)45-29/h19-29,37-41H,1,7-17H2,2-6H3,(H,42,43)/t19-,20+,21+,22+,23+,24+,25+,26+,27-,28+,29-,32+,33+,34+,35+,36-/m0/s1. The zero-order chi connectivity index (χ0) is 33.8. The van der Waals surface area contributed by atoms with Gasteiger partial charge in [-0.1, -0.05) is 32.9 Å². The summed E-state index contributed by atoms with van der Waals surface area (Å²) in [6, 6.07) is 0. The first-order valence-electron chi connectivity index (χ1n) is 17.5. The van der Waals surface area contributed by atoms with Crippen LogP contribution < -0.4 is 0 Å². The normalized spacial score (nSPS) is 54.9. The molecule has 0 spiro atoms. The summed E-state index contributed by atoms with van der Waals surface area (Å²) in [4.78, 5) is 27.1. The number of carbonyl (C=O) groups is 2. The molecule has 1 saturated heterocycles. The van der Waals surface area contributed by atoms with Gasteiger partial charge in [-0.25, -0.2) is 0 Å². The fourth-order valence-electron chi connectivity index (χ4n) is 12.9. The summed E-state index contributed by atoms with van der Waals surface area (Å²) in [6.07, 6.45) is -1.12. The van der Waals surface area contributed by atoms with Crippen LogP contribution in [0, 0.1) is 56.7 Å². The Labute approximate surface area is 272 Å². The van der Waals surface area contributed by atoms with Crippen molar-refractivity contribution in [3.63, 3.8) is 0 Å². The molecule has 1 aliphatic heterocycles. The van der Waals surface area contributed by atoms with Crippen LogP contribution in [0.4, 0.5) is 0 Å². The molecule has 6 fully saturated rings. The van der Waals surface area contributed by atoms with Crippen LogP contribution in [-0.2, 0) is 19.1 Å². The van der Waals surface area contributed by atoms with Crippen molar-refractivity contribution in [2.45, 2.75) is 136 Å². The number of aliphatic hydroxyl groups excluding tert-OH is 5. The molecule has 0 radical (unpaired) electrons. The van der Waals surface area contributed by atoms with E-state index < -0.39 is 66.2 Å². The van der Waals surface area contributed by atoms with Crippen LogP contribution in [0.25, 0.3) is 0 Å². The molecule has 1 heterocycles. The average molecular weight is 649 g/mol. The van der Waals surface area contributed by atoms with Crippen LogP contribution in [0.2, 0.25) is 0 Å². The number of hydrogen-bond acceptors (Lipinski definition) is 9. The van der Waals surface area contributed by atoms with Gasteiger partial charge in [0, 0.05) is 0 Å². The van der Waals surface area contributed by atoms with Crippen molar-refractivity contribution in [3.8, 4) is 0 Å². The van der Waals surface area contributed by atoms with E-state index in [1.807, 2.05) is 0 Å². The molecule has 6 N–H and O–H groups in total. The van der Waals surface area contributed by atoms with Crippen LogP contribution in [0.1, 0.15) is 98.8 Å². The summed E-state index contributed by atoms with van der Waals surface area (Å²) < 4.78 is 11.2. The van der Waals surface area contributed by atoms with Gasteiger partial charge in [0.25, 0.3) is 0 Å². The molecule has 0 aromatic rings. The summed E-state index contributed by atoms with van der Waals surface area (Å²) in [5.74, 6) is -0.817. The second-order valence-corrected chi connectivity index (χ2v) is 17.1. The number of allylic oxidation sites excluding steroid dienone is 1. The molecule has 0 aromatic heterocycles. The van der Waals surface area contributed by atoms with Gasteiger partial charge in [-0.15, -0.1) is 0 Å². The first kappa shape index (κ1) is 34.3. The number of hydrogen-bond donors (Lipinski definition) is 6. The number of fused-ring (bicyclic) bond motifs is 7. The predicted molar refractivity (Wildman–Crippen MR) is 167 cm³/mol. The Morgan fingerprint density at radius 3 is 2.15 bits per heavy atom. The van der Waals surface area contributed by atoms with Gasteiger partial charge in [0.1, 0.15) is 24.4 Å². The highest BCUT2D eigenvalue weighted by Crippen LogP contribution is 2.77. The molecule has 0 bridgehead atoms. The highest BCUT2D eigenvalue weighted by molar-refractivity contribution is 5.78. The lowest BCUT2D eigenvalue weighted by atomic mass is 9.32. The molecule has 16 atom stereocenters. The van der Waals surface area contributed by atoms with Gasteiger partial charge >= 0.3 is 11.9 Å². The number of esters is 1. The van der Waals surface area contributed by atoms with Gasteiger partial charge < -0.3 is 40.1 Å². The summed E-state index contributed by atoms with van der Waals surface area (Å²) in [5, 5.41) is 62.9. The van der Waals surface area contributed by atoms with Crippen molar-refractivity contribution in [3.05, 3.63) is 12.2 Å². The van der Waals surface area contributed by atoms with Crippen LogP contribution in [-0.4, -0.2) is 86.0 Å². The quantitative estimate of drug-likeness (QED) is 0.192. The summed E-state index contributed by atoms with van der Waals surface area (Å²) in [6.45, 7) is 14.6. The molecule has 6 rings (SSSR count). The Kier molecular flexibility index (Phi) is 8.38. The molecule has 5 saturated carbocycles. The molecule has 0 amide bonds. The lowest BCUT2D eigenvalue weighted by Crippen LogP contribution is -2.68. The lowest BCUT2D eigenvalue weighted by molar-refractivity contribution is -0.302. The van der Waals surface area contributed by atoms with Gasteiger partial charge in [0.05, 0.1) is 23.5 Å². The van der Waals surface area contributed by atoms with E-state index >= 15 is 0 Å². The van der Waals surface area contributed by atoms with Crippen molar-refractivity contribution in [2.24, 2.45) is 56.7 Å². The summed E-state index contributed by atoms with van der Waals surface area (Å²) in [5.41, 5.74) is -1.41. The topological polar surface area (TPSA) is 174 Å². The zero-order valence-electron chi connectivity index (χ0n) is 28.2. The second-order valence-electron chi connectivity index (χ2n) is 17.1. The smallest absolute Gasteiger partial charge is 0.317 e. The fraction of sp³-hybridized carbons (Fsp3) is 0.889. The molecule has 0 unspecified atom stereocenters. The molecule has 6 aliphatic rings. The van der Waals surface area contributed by atoms with E-state index in [4.69, 9.17) is 9.47 Å². The van der Waals surface area contributed by atoms with E-state index in [9.17, 15) is 40.2 Å². The van der Waals surface area contributed by atoms with E-state index in [1.165, 1.54) is 0 Å². The van der Waals surface area contributed by atoms with Crippen LogP contribution >= 0.6 is 0 Å². The van der Waals surface area contributed by atoms with Crippen molar-refractivity contribution >= 4 is 11.9 Å². The number of aliphatic hydroxyl groups is 5. The highest BCUT2D eigenvalue weighted by Gasteiger charge is 2.73. The van der Waals surface area contributed by atoms with Gasteiger partial charge in [-0.3, -0.25) is 9.59 Å². The summed E-state index contributed by atoms with van der Waals surface area (Å²) >= 11 is 0. The molecule has 260 valence electrons. The molecule has 46 heavy (non-hydrogen) atoms. The van der Waals surface area contributed by atoms with Crippen molar-refractivity contribution in [1.82, 2.24) is 0 Å². The van der Waals surface area contributed by atoms with Crippen molar-refractivity contribution in [1.29, 1.82) is 0 Å². The van der Waals surface area contributed by atoms with E-state index in [0.717, 1.165) is 44.1 Å². The van der Waals surface area contributed by atoms with E-state index in [0.29, 0.717) is 25.7 Å². The van der Waals surface area contributed by atoms with Crippen LogP contribution in [0.5, 0.6) is 0 Å². The molecule has 10 nitrogen and oxygen atoms in total. The third kappa shape index (κ3) is 4.35. The van der Waals surface area contributed by atoms with Crippen LogP contribution in [0.15, 0.2) is 12.2 Å². The largest absolute Gasteiger partial charge is 0.481 e. The average Bonchev–Trinajstić information content (AvgIpc) is 3.41. The van der Waals surface area contributed by atoms with Crippen molar-refractivity contribution < 1.29 is 49.7 Å². The Morgan fingerprint density at radius 1 is 0.826 bits per heavy atom. The van der Waals surface area contributed by atoms with Gasteiger partial charge in [-0.2, -0.15) is 0 Å². The third-order valence-electron chi connectivity index (χ3n) is 15.6. The maximum absolute atomic E-state index is 14.1. The van der Waals surface area contributed by atoms with E-state index in [2.05, 4.69) is 34.3 Å². The lowest BCUT2D eigenvalue weighted by Gasteiger charge is -2.72. The number of carbonyl (C=O) groups excluding carboxylic acids is 1. The number of carboxylic acids is 1. The molecule has 10 heteroatoms. The maximum Gasteiger partial charge on any atom is 0.317 e. The number of rotatable bonds is 5. The number of ether oxygens (including phenoxy) is 2. The minimum absolute atomic E-state index is 0.0662. The summed E-state index contributed by atoms with van der Waals surface area (Å²) in [7, 11) is 0. The van der Waals surface area contributed by atoms with E-state index in [1.54, 1.807) is 6.92 Å². The van der Waals surface area contributed by atoms with Gasteiger partial charge in [0.15, 0.2) is 0 Å². The van der Waals surface area contributed by atoms with Crippen molar-refractivity contribution in [2.75, 3.05) is 6.61 Å². The number of aliphatic carboxylic acids is 1. The van der Waals surface area contributed by atoms with Crippen LogP contribution in [0.3, 0.4) is 0 Å². The monoisotopic (exact) mass is 648 g/mol. The molecular formula is C36H56O10. The maximum atomic E-state index is 14.1. The predicted octanol–water partition coefficient (Wildman–Crippen LogP) is 3.41. The van der Waals surface area contributed by atoms with Gasteiger partial charge in [0.2, 0.25) is 6.29 Å². The SMILES string of the molecule is C=C(C)[C@@H]1CC[C@]2(C(=O)O)CC[C@]3(C)[C@H](CC[C@@H]4[C@@]5(C)CC[C@@H](O)[C@](C)(C(=O)O[C@@H]6O[C@H](CO)[C@@H](O)[C@H](O)[C@H]6O)[C@@H]5CC[C@]43C)[C@@H]12. The molecule has 5 aliphatic carbocycles. The first-order valence-corrected chi connectivity index (χ1v) is 17.5. The Balaban J connectivity index is 1.31. The minimum atomic E-state index is -1.72. The van der Waals surface area contributed by atoms with Gasteiger partial charge in [-0.05, 0) is 124 Å².